The average molecular weight is 476 g/mol. The van der Waals surface area contributed by atoms with Gasteiger partial charge in [0.15, 0.2) is 11.5 Å². The molecule has 2 aromatic carbocycles. The second kappa shape index (κ2) is 10.3. The molecular weight excluding hydrogens is 458 g/mol. The fourth-order valence-electron chi connectivity index (χ4n) is 2.72. The van der Waals surface area contributed by atoms with Crippen molar-refractivity contribution >= 4 is 52.5 Å². The van der Waals surface area contributed by atoms with Crippen LogP contribution < -0.4 is 9.47 Å². The summed E-state index contributed by atoms with van der Waals surface area (Å²) < 4.78 is 15.5. The summed E-state index contributed by atoms with van der Waals surface area (Å²) in [6.07, 6.45) is 1.49. The first-order chi connectivity index (χ1) is 15.3. The smallest absolute Gasteiger partial charge is 0.343 e. The number of carbonyl (C=O) groups excluding carboxylic acids is 4. The predicted octanol–water partition coefficient (Wildman–Crippen LogP) is 4.17. The summed E-state index contributed by atoms with van der Waals surface area (Å²) in [6.45, 7) is 1.62. The topological polar surface area (TPSA) is 99.2 Å². The van der Waals surface area contributed by atoms with E-state index >= 15 is 0 Å². The van der Waals surface area contributed by atoms with E-state index in [1.54, 1.807) is 37.3 Å². The van der Waals surface area contributed by atoms with E-state index in [9.17, 15) is 19.2 Å². The lowest BCUT2D eigenvalue weighted by molar-refractivity contribution is -0.143. The Labute approximate surface area is 193 Å². The number of methoxy groups -OCH3 is 1. The number of nitrogens with zero attached hydrogens (tertiary/aromatic N) is 1. The Balaban J connectivity index is 1.83. The molecule has 2 aromatic rings. The van der Waals surface area contributed by atoms with Crippen molar-refractivity contribution in [1.82, 2.24) is 4.90 Å². The van der Waals surface area contributed by atoms with Gasteiger partial charge in [0.1, 0.15) is 6.54 Å². The van der Waals surface area contributed by atoms with Crippen LogP contribution in [-0.2, 0) is 14.3 Å². The number of hydrogen-bond acceptors (Lipinski definition) is 8. The van der Waals surface area contributed by atoms with Gasteiger partial charge in [-0.25, -0.2) is 4.79 Å². The lowest BCUT2D eigenvalue weighted by Crippen LogP contribution is -2.34. The second-order valence-corrected chi connectivity index (χ2v) is 7.81. The molecule has 1 heterocycles. The highest BCUT2D eigenvalue weighted by atomic mass is 35.5. The molecule has 0 saturated carbocycles. The molecule has 0 unspecified atom stereocenters. The zero-order valence-corrected chi connectivity index (χ0v) is 18.7. The first kappa shape index (κ1) is 23.4. The minimum absolute atomic E-state index is 0.144. The average Bonchev–Trinajstić information content (AvgIpc) is 3.02. The van der Waals surface area contributed by atoms with Gasteiger partial charge in [-0.3, -0.25) is 19.3 Å². The van der Waals surface area contributed by atoms with Gasteiger partial charge in [0.05, 0.1) is 24.2 Å². The number of esters is 2. The Morgan fingerprint density at radius 3 is 2.59 bits per heavy atom. The molecule has 0 spiro atoms. The summed E-state index contributed by atoms with van der Waals surface area (Å²) >= 11 is 6.64. The Morgan fingerprint density at radius 1 is 1.12 bits per heavy atom. The number of amides is 2. The zero-order chi connectivity index (χ0) is 23.3. The molecule has 1 fully saturated rings. The fourth-order valence-corrected chi connectivity index (χ4v) is 3.75. The lowest BCUT2D eigenvalue weighted by Gasteiger charge is -2.12. The molecule has 1 saturated heterocycles. The molecule has 0 bridgehead atoms. The van der Waals surface area contributed by atoms with Crippen LogP contribution in [0.4, 0.5) is 4.79 Å². The van der Waals surface area contributed by atoms with Gasteiger partial charge in [0.25, 0.3) is 11.1 Å². The number of ether oxygens (including phenoxy) is 3. The molecule has 0 aliphatic carbocycles. The molecule has 2 amide bonds. The summed E-state index contributed by atoms with van der Waals surface area (Å²) in [5.74, 6) is -1.43. The standard InChI is InChI=1S/C22H18ClNO7S/c1-3-30-17-9-13(10-18-20(26)24(22(28)32-18)12-19(25)29-2)7-8-16(17)31-21(27)14-5-4-6-15(23)11-14/h4-11H,3,12H2,1-2H3/b18-10-. The first-order valence-electron chi connectivity index (χ1n) is 9.39. The normalized spacial score (nSPS) is 14.6. The van der Waals surface area contributed by atoms with E-state index in [4.69, 9.17) is 21.1 Å². The summed E-state index contributed by atoms with van der Waals surface area (Å²) in [7, 11) is 1.17. The van der Waals surface area contributed by atoms with Crippen molar-refractivity contribution in [3.8, 4) is 11.5 Å². The van der Waals surface area contributed by atoms with Gasteiger partial charge in [0.2, 0.25) is 0 Å². The number of halogens is 1. The highest BCUT2D eigenvalue weighted by molar-refractivity contribution is 8.18. The monoisotopic (exact) mass is 475 g/mol. The largest absolute Gasteiger partial charge is 0.490 e. The van der Waals surface area contributed by atoms with Crippen LogP contribution in [0.15, 0.2) is 47.4 Å². The molecular formula is C22H18ClNO7S. The number of benzene rings is 2. The van der Waals surface area contributed by atoms with Crippen LogP contribution in [0.1, 0.15) is 22.8 Å². The summed E-state index contributed by atoms with van der Waals surface area (Å²) in [5.41, 5.74) is 0.822. The quantitative estimate of drug-likeness (QED) is 0.334. The van der Waals surface area contributed by atoms with Gasteiger partial charge >= 0.3 is 11.9 Å². The number of rotatable bonds is 7. The van der Waals surface area contributed by atoms with Crippen molar-refractivity contribution < 1.29 is 33.4 Å². The zero-order valence-electron chi connectivity index (χ0n) is 17.1. The summed E-state index contributed by atoms with van der Waals surface area (Å²) in [6, 6.07) is 11.1. The van der Waals surface area contributed by atoms with Gasteiger partial charge in [-0.1, -0.05) is 23.7 Å². The Kier molecular flexibility index (Phi) is 7.55. The van der Waals surface area contributed by atoms with Gasteiger partial charge in [-0.05, 0) is 60.7 Å². The molecule has 1 aliphatic heterocycles. The molecule has 10 heteroatoms. The number of hydrogen-bond donors (Lipinski definition) is 0. The van der Waals surface area contributed by atoms with E-state index in [2.05, 4.69) is 4.74 Å². The van der Waals surface area contributed by atoms with Gasteiger partial charge < -0.3 is 14.2 Å². The van der Waals surface area contributed by atoms with Crippen LogP contribution in [0.2, 0.25) is 5.02 Å². The molecule has 0 radical (unpaired) electrons. The number of carbonyl (C=O) groups is 4. The van der Waals surface area contributed by atoms with Crippen LogP contribution in [0, 0.1) is 0 Å². The maximum atomic E-state index is 12.5. The molecule has 8 nitrogen and oxygen atoms in total. The van der Waals surface area contributed by atoms with E-state index in [1.807, 2.05) is 0 Å². The summed E-state index contributed by atoms with van der Waals surface area (Å²) in [5, 5.41) is -0.162. The molecule has 0 atom stereocenters. The van der Waals surface area contributed by atoms with Crippen molar-refractivity contribution in [2.75, 3.05) is 20.3 Å². The van der Waals surface area contributed by atoms with Crippen molar-refractivity contribution in [3.05, 3.63) is 63.5 Å². The molecule has 0 N–H and O–H groups in total. The SMILES string of the molecule is CCOc1cc(/C=C2\SC(=O)N(CC(=O)OC)C2=O)ccc1OC(=O)c1cccc(Cl)c1. The van der Waals surface area contributed by atoms with Crippen LogP contribution >= 0.6 is 23.4 Å². The predicted molar refractivity (Wildman–Crippen MR) is 119 cm³/mol. The summed E-state index contributed by atoms with van der Waals surface area (Å²) in [4.78, 5) is 49.4. The van der Waals surface area contributed by atoms with E-state index in [-0.39, 0.29) is 22.0 Å². The fraction of sp³-hybridized carbons (Fsp3) is 0.182. The number of imide groups is 1. The molecule has 166 valence electrons. The third kappa shape index (κ3) is 5.49. The molecule has 32 heavy (non-hydrogen) atoms. The van der Waals surface area contributed by atoms with Crippen LogP contribution in [0.5, 0.6) is 11.5 Å². The van der Waals surface area contributed by atoms with Gasteiger partial charge in [-0.2, -0.15) is 0 Å². The maximum absolute atomic E-state index is 12.5. The van der Waals surface area contributed by atoms with Crippen molar-refractivity contribution in [1.29, 1.82) is 0 Å². The Morgan fingerprint density at radius 2 is 1.91 bits per heavy atom. The highest BCUT2D eigenvalue weighted by Gasteiger charge is 2.36. The van der Waals surface area contributed by atoms with Crippen molar-refractivity contribution in [2.45, 2.75) is 6.92 Å². The first-order valence-corrected chi connectivity index (χ1v) is 10.6. The Bertz CT molecular complexity index is 1120. The lowest BCUT2D eigenvalue weighted by atomic mass is 10.1. The Hall–Kier alpha value is -3.30. The van der Waals surface area contributed by atoms with Crippen LogP contribution in [-0.4, -0.2) is 48.2 Å². The minimum Gasteiger partial charge on any atom is -0.490 e. The molecule has 3 rings (SSSR count). The van der Waals surface area contributed by atoms with Gasteiger partial charge in [0, 0.05) is 5.02 Å². The van der Waals surface area contributed by atoms with E-state index in [0.717, 1.165) is 4.90 Å². The van der Waals surface area contributed by atoms with Crippen LogP contribution in [0.25, 0.3) is 6.08 Å². The third-order valence-corrected chi connectivity index (χ3v) is 5.36. The maximum Gasteiger partial charge on any atom is 0.343 e. The van der Waals surface area contributed by atoms with E-state index in [0.29, 0.717) is 29.0 Å². The van der Waals surface area contributed by atoms with E-state index in [1.165, 1.54) is 25.3 Å². The molecule has 0 aromatic heterocycles. The van der Waals surface area contributed by atoms with Crippen molar-refractivity contribution in [3.63, 3.8) is 0 Å². The minimum atomic E-state index is -0.696. The third-order valence-electron chi connectivity index (χ3n) is 4.22. The van der Waals surface area contributed by atoms with Gasteiger partial charge in [-0.15, -0.1) is 0 Å². The van der Waals surface area contributed by atoms with Crippen LogP contribution in [0.3, 0.4) is 0 Å². The second-order valence-electron chi connectivity index (χ2n) is 6.38. The van der Waals surface area contributed by atoms with E-state index < -0.39 is 29.6 Å². The molecule has 1 aliphatic rings. The number of thioether (sulfide) groups is 1. The van der Waals surface area contributed by atoms with Crippen molar-refractivity contribution in [2.24, 2.45) is 0 Å². The highest BCUT2D eigenvalue weighted by Crippen LogP contribution is 2.35.